The van der Waals surface area contributed by atoms with Crippen LogP contribution in [0.4, 0.5) is 0 Å². The highest BCUT2D eigenvalue weighted by molar-refractivity contribution is 6.02. The van der Waals surface area contributed by atoms with Gasteiger partial charge in [-0.15, -0.1) is 0 Å². The second-order valence-electron chi connectivity index (χ2n) is 7.05. The van der Waals surface area contributed by atoms with E-state index in [1.807, 2.05) is 25.1 Å². The Hall–Kier alpha value is -2.04. The van der Waals surface area contributed by atoms with Crippen LogP contribution >= 0.6 is 0 Å². The van der Waals surface area contributed by atoms with E-state index in [1.165, 1.54) is 6.92 Å². The summed E-state index contributed by atoms with van der Waals surface area (Å²) in [5, 5.41) is 3.07. The Balaban J connectivity index is 1.91. The number of para-hydroxylation sites is 1. The number of fused-ring (bicyclic) bond motifs is 2. The molecule has 2 heterocycles. The lowest BCUT2D eigenvalue weighted by Gasteiger charge is -2.56. The SMILES string of the molecule is CCOc1cccc2c1O[C@]13CCCC[C@H]1[C@H]2[C@H](C(C)=O)C(=O)N3. The second kappa shape index (κ2) is 5.50. The third-order valence-corrected chi connectivity index (χ3v) is 5.71. The molecule has 128 valence electrons. The molecule has 24 heavy (non-hydrogen) atoms. The van der Waals surface area contributed by atoms with E-state index in [4.69, 9.17) is 9.47 Å². The molecule has 2 aliphatic heterocycles. The quantitative estimate of drug-likeness (QED) is 0.866. The maximum absolute atomic E-state index is 12.7. The minimum atomic E-state index is -0.688. The number of rotatable bonds is 3. The highest BCUT2D eigenvalue weighted by Crippen LogP contribution is 2.57. The number of benzene rings is 1. The standard InChI is InChI=1S/C19H23NO4/c1-3-23-14-9-6-7-12-16-13-8-4-5-10-19(13,24-17(12)14)20-18(22)15(16)11(2)21/h6-7,9,13,15-16H,3-5,8,10H2,1-2H3,(H,20,22)/t13-,15-,16-,19+/m0/s1. The molecule has 2 bridgehead atoms. The van der Waals surface area contributed by atoms with Crippen molar-refractivity contribution in [3.63, 3.8) is 0 Å². The molecule has 1 amide bonds. The fourth-order valence-corrected chi connectivity index (χ4v) is 4.82. The molecule has 1 aromatic carbocycles. The van der Waals surface area contributed by atoms with Gasteiger partial charge in [0, 0.05) is 23.8 Å². The molecule has 1 saturated heterocycles. The van der Waals surface area contributed by atoms with Crippen molar-refractivity contribution < 1.29 is 19.1 Å². The van der Waals surface area contributed by atoms with Crippen molar-refractivity contribution in [2.24, 2.45) is 11.8 Å². The van der Waals surface area contributed by atoms with Crippen molar-refractivity contribution >= 4 is 11.7 Å². The molecule has 0 aromatic heterocycles. The summed E-state index contributed by atoms with van der Waals surface area (Å²) in [7, 11) is 0. The zero-order chi connectivity index (χ0) is 16.9. The van der Waals surface area contributed by atoms with Crippen molar-refractivity contribution in [3.8, 4) is 11.5 Å². The van der Waals surface area contributed by atoms with Gasteiger partial charge in [-0.1, -0.05) is 18.6 Å². The van der Waals surface area contributed by atoms with E-state index in [1.54, 1.807) is 0 Å². The topological polar surface area (TPSA) is 64.6 Å². The molecule has 3 aliphatic rings. The van der Waals surface area contributed by atoms with Crippen LogP contribution in [-0.2, 0) is 9.59 Å². The lowest BCUT2D eigenvalue weighted by Crippen LogP contribution is -2.69. The van der Waals surface area contributed by atoms with Gasteiger partial charge in [0.2, 0.25) is 5.91 Å². The molecule has 1 N–H and O–H groups in total. The molecule has 0 spiro atoms. The number of nitrogens with one attached hydrogen (secondary N) is 1. The van der Waals surface area contributed by atoms with E-state index < -0.39 is 11.6 Å². The molecular weight excluding hydrogens is 306 g/mol. The second-order valence-corrected chi connectivity index (χ2v) is 7.05. The van der Waals surface area contributed by atoms with E-state index in [2.05, 4.69) is 5.32 Å². The zero-order valence-electron chi connectivity index (χ0n) is 14.1. The van der Waals surface area contributed by atoms with Crippen LogP contribution in [-0.4, -0.2) is 24.0 Å². The summed E-state index contributed by atoms with van der Waals surface area (Å²) in [4.78, 5) is 24.9. The molecule has 5 nitrogen and oxygen atoms in total. The molecule has 1 saturated carbocycles. The Morgan fingerprint density at radius 3 is 3.00 bits per heavy atom. The van der Waals surface area contributed by atoms with Gasteiger partial charge < -0.3 is 14.8 Å². The van der Waals surface area contributed by atoms with Gasteiger partial charge in [-0.3, -0.25) is 9.59 Å². The fraction of sp³-hybridized carbons (Fsp3) is 0.579. The number of piperidine rings is 1. The van der Waals surface area contributed by atoms with Crippen LogP contribution in [0.5, 0.6) is 11.5 Å². The molecule has 5 heteroatoms. The molecular formula is C19H23NO4. The maximum Gasteiger partial charge on any atom is 0.234 e. The lowest BCUT2D eigenvalue weighted by molar-refractivity contribution is -0.161. The summed E-state index contributed by atoms with van der Waals surface area (Å²) in [5.74, 6) is 0.503. The van der Waals surface area contributed by atoms with Gasteiger partial charge in [0.05, 0.1) is 6.61 Å². The Kier molecular flexibility index (Phi) is 3.55. The van der Waals surface area contributed by atoms with Gasteiger partial charge >= 0.3 is 0 Å². The largest absolute Gasteiger partial charge is 0.490 e. The van der Waals surface area contributed by atoms with Crippen molar-refractivity contribution in [1.82, 2.24) is 5.32 Å². The molecule has 4 atom stereocenters. The summed E-state index contributed by atoms with van der Waals surface area (Å²) in [6.07, 6.45) is 3.87. The summed E-state index contributed by atoms with van der Waals surface area (Å²) < 4.78 is 12.2. The Bertz CT molecular complexity index is 701. The van der Waals surface area contributed by atoms with E-state index in [0.29, 0.717) is 18.1 Å². The highest BCUT2D eigenvalue weighted by Gasteiger charge is 2.60. The van der Waals surface area contributed by atoms with Crippen LogP contribution in [0.1, 0.15) is 51.0 Å². The maximum atomic E-state index is 12.7. The number of hydrogen-bond donors (Lipinski definition) is 1. The van der Waals surface area contributed by atoms with Gasteiger partial charge in [-0.2, -0.15) is 0 Å². The normalized spacial score (nSPS) is 33.6. The molecule has 1 aliphatic carbocycles. The van der Waals surface area contributed by atoms with Crippen LogP contribution in [0.3, 0.4) is 0 Å². The third-order valence-electron chi connectivity index (χ3n) is 5.71. The fourth-order valence-electron chi connectivity index (χ4n) is 4.82. The van der Waals surface area contributed by atoms with Gasteiger partial charge in [0.25, 0.3) is 0 Å². The van der Waals surface area contributed by atoms with Crippen LogP contribution < -0.4 is 14.8 Å². The first-order chi connectivity index (χ1) is 11.6. The first kappa shape index (κ1) is 15.5. The van der Waals surface area contributed by atoms with Crippen LogP contribution in [0, 0.1) is 11.8 Å². The zero-order valence-corrected chi connectivity index (χ0v) is 14.1. The van der Waals surface area contributed by atoms with E-state index >= 15 is 0 Å². The average molecular weight is 329 g/mol. The number of ketones is 1. The average Bonchev–Trinajstić information content (AvgIpc) is 2.54. The third kappa shape index (κ3) is 2.06. The molecule has 0 unspecified atom stereocenters. The first-order valence-corrected chi connectivity index (χ1v) is 8.84. The summed E-state index contributed by atoms with van der Waals surface area (Å²) in [6, 6.07) is 5.80. The first-order valence-electron chi connectivity index (χ1n) is 8.84. The van der Waals surface area contributed by atoms with Crippen molar-refractivity contribution in [2.75, 3.05) is 6.61 Å². The Morgan fingerprint density at radius 2 is 2.25 bits per heavy atom. The summed E-state index contributed by atoms with van der Waals surface area (Å²) in [5.41, 5.74) is 0.255. The highest BCUT2D eigenvalue weighted by atomic mass is 16.5. The van der Waals surface area contributed by atoms with Crippen molar-refractivity contribution in [1.29, 1.82) is 0 Å². The van der Waals surface area contributed by atoms with Gasteiger partial charge in [0.1, 0.15) is 11.7 Å². The van der Waals surface area contributed by atoms with Gasteiger partial charge in [-0.05, 0) is 32.8 Å². The summed E-state index contributed by atoms with van der Waals surface area (Å²) >= 11 is 0. The monoisotopic (exact) mass is 329 g/mol. The molecule has 2 fully saturated rings. The minimum absolute atomic E-state index is 0.0775. The van der Waals surface area contributed by atoms with Crippen molar-refractivity contribution in [2.45, 2.75) is 51.2 Å². The van der Waals surface area contributed by atoms with E-state index in [9.17, 15) is 9.59 Å². The number of amides is 1. The van der Waals surface area contributed by atoms with Crippen molar-refractivity contribution in [3.05, 3.63) is 23.8 Å². The number of ether oxygens (including phenoxy) is 2. The van der Waals surface area contributed by atoms with Gasteiger partial charge in [-0.25, -0.2) is 0 Å². The number of carbonyl (C=O) groups is 2. The van der Waals surface area contributed by atoms with Gasteiger partial charge in [0.15, 0.2) is 17.2 Å². The minimum Gasteiger partial charge on any atom is -0.490 e. The Labute approximate surface area is 141 Å². The summed E-state index contributed by atoms with van der Waals surface area (Å²) in [6.45, 7) is 4.00. The van der Waals surface area contributed by atoms with Crippen LogP contribution in [0.25, 0.3) is 0 Å². The predicted octanol–water partition coefficient (Wildman–Crippen LogP) is 2.78. The van der Waals surface area contributed by atoms with Crippen LogP contribution in [0.2, 0.25) is 0 Å². The molecule has 0 radical (unpaired) electrons. The van der Waals surface area contributed by atoms with Crippen LogP contribution in [0.15, 0.2) is 18.2 Å². The number of hydrogen-bond acceptors (Lipinski definition) is 4. The number of carbonyl (C=O) groups excluding carboxylic acids is 2. The lowest BCUT2D eigenvalue weighted by atomic mass is 9.61. The number of Topliss-reactive ketones (excluding diaryl/α,β-unsaturated/α-hetero) is 1. The molecule has 1 aromatic rings. The Morgan fingerprint density at radius 1 is 1.42 bits per heavy atom. The molecule has 4 rings (SSSR count). The van der Waals surface area contributed by atoms with E-state index in [-0.39, 0.29) is 23.5 Å². The predicted molar refractivity (Wildman–Crippen MR) is 88.0 cm³/mol. The smallest absolute Gasteiger partial charge is 0.234 e. The van der Waals surface area contributed by atoms with E-state index in [0.717, 1.165) is 31.2 Å².